The van der Waals surface area contributed by atoms with Gasteiger partial charge in [-0.2, -0.15) is 0 Å². The van der Waals surface area contributed by atoms with Crippen molar-refractivity contribution in [1.82, 2.24) is 0 Å². The van der Waals surface area contributed by atoms with Gasteiger partial charge in [0.05, 0.1) is 5.25 Å². The lowest BCUT2D eigenvalue weighted by Gasteiger charge is -2.15. The van der Waals surface area contributed by atoms with Gasteiger partial charge in [0.2, 0.25) is 0 Å². The van der Waals surface area contributed by atoms with Gasteiger partial charge in [-0.15, -0.1) is 17.7 Å². The summed E-state index contributed by atoms with van der Waals surface area (Å²) in [6, 6.07) is 0. The molecule has 0 saturated carbocycles. The van der Waals surface area contributed by atoms with Crippen LogP contribution < -0.4 is 0 Å². The summed E-state index contributed by atoms with van der Waals surface area (Å²) in [6.07, 6.45) is 16.8. The van der Waals surface area contributed by atoms with E-state index in [1.54, 1.807) is 0 Å². The summed E-state index contributed by atoms with van der Waals surface area (Å²) in [5.41, 5.74) is 0. The van der Waals surface area contributed by atoms with Crippen molar-refractivity contribution in [2.45, 2.75) is 127 Å². The maximum atomic E-state index is 11.3. The summed E-state index contributed by atoms with van der Waals surface area (Å²) in [7, 11) is 0. The average Bonchev–Trinajstić information content (AvgIpc) is 2.68. The highest BCUT2D eigenvalue weighted by Gasteiger charge is 2.20. The van der Waals surface area contributed by atoms with Gasteiger partial charge in [-0.3, -0.25) is 9.59 Å². The van der Waals surface area contributed by atoms with Gasteiger partial charge in [0, 0.05) is 12.8 Å². The molecule has 0 aromatic heterocycles. The van der Waals surface area contributed by atoms with Crippen LogP contribution in [0.3, 0.4) is 0 Å². The Kier molecular flexibility index (Phi) is 19.3. The van der Waals surface area contributed by atoms with Gasteiger partial charge >= 0.3 is 11.9 Å². The van der Waals surface area contributed by atoms with Gasteiger partial charge in [0.15, 0.2) is 0 Å². The number of carboxylic acid groups (broad SMARTS) is 2. The zero-order valence-electron chi connectivity index (χ0n) is 18.6. The van der Waals surface area contributed by atoms with Gasteiger partial charge in [0.25, 0.3) is 0 Å². The van der Waals surface area contributed by atoms with E-state index in [0.717, 1.165) is 25.7 Å². The number of rotatable bonds is 19. The Balaban J connectivity index is 4.08. The minimum absolute atomic E-state index is 0.0204. The molecule has 0 bridgehead atoms. The Morgan fingerprint density at radius 2 is 1.41 bits per heavy atom. The van der Waals surface area contributed by atoms with Crippen LogP contribution in [0.1, 0.15) is 117 Å². The molecule has 5 heteroatoms. The molecule has 4 nitrogen and oxygen atoms in total. The third-order valence-electron chi connectivity index (χ3n) is 5.00. The van der Waals surface area contributed by atoms with Crippen LogP contribution in [0.4, 0.5) is 0 Å². The smallest absolute Gasteiger partial charge is 0.316 e. The first-order valence-corrected chi connectivity index (χ1v) is 12.5. The molecular weight excluding hydrogens is 384 g/mol. The predicted molar refractivity (Wildman–Crippen MR) is 123 cm³/mol. The maximum Gasteiger partial charge on any atom is 0.316 e. The lowest BCUT2D eigenvalue weighted by Crippen LogP contribution is -2.19. The van der Waals surface area contributed by atoms with Crippen LogP contribution in [0.2, 0.25) is 0 Å². The fourth-order valence-corrected chi connectivity index (χ4v) is 4.35. The fourth-order valence-electron chi connectivity index (χ4n) is 3.19. The predicted octanol–water partition coefficient (Wildman–Crippen LogP) is 6.91. The molecular formula is C24H42O4S. The van der Waals surface area contributed by atoms with E-state index in [1.807, 2.05) is 6.92 Å². The van der Waals surface area contributed by atoms with E-state index in [1.165, 1.54) is 69.5 Å². The number of carboxylic acids is 2. The van der Waals surface area contributed by atoms with E-state index in [0.29, 0.717) is 12.8 Å². The van der Waals surface area contributed by atoms with E-state index in [4.69, 9.17) is 5.11 Å². The lowest BCUT2D eigenvalue weighted by atomic mass is 10.1. The molecule has 0 rings (SSSR count). The Bertz CT molecular complexity index is 481. The monoisotopic (exact) mass is 426 g/mol. The van der Waals surface area contributed by atoms with Crippen molar-refractivity contribution in [3.8, 4) is 11.8 Å². The Morgan fingerprint density at radius 3 is 1.93 bits per heavy atom. The van der Waals surface area contributed by atoms with Crippen LogP contribution in [-0.4, -0.2) is 32.7 Å². The van der Waals surface area contributed by atoms with Crippen molar-refractivity contribution in [1.29, 1.82) is 0 Å². The minimum atomic E-state index is -0.787. The van der Waals surface area contributed by atoms with Crippen LogP contribution in [0.15, 0.2) is 0 Å². The lowest BCUT2D eigenvalue weighted by molar-refractivity contribution is -0.137. The third-order valence-corrected chi connectivity index (χ3v) is 6.55. The second-order valence-corrected chi connectivity index (χ2v) is 9.16. The van der Waals surface area contributed by atoms with Crippen molar-refractivity contribution in [3.63, 3.8) is 0 Å². The number of hydrogen-bond acceptors (Lipinski definition) is 3. The summed E-state index contributed by atoms with van der Waals surface area (Å²) < 4.78 is 0. The van der Waals surface area contributed by atoms with Gasteiger partial charge in [-0.05, 0) is 25.7 Å². The molecule has 0 aliphatic heterocycles. The Labute approximate surface area is 182 Å². The molecule has 0 fully saturated rings. The Morgan fingerprint density at radius 1 is 0.828 bits per heavy atom. The first-order valence-electron chi connectivity index (χ1n) is 11.6. The van der Waals surface area contributed by atoms with E-state index in [-0.39, 0.29) is 11.7 Å². The average molecular weight is 427 g/mol. The molecule has 2 atom stereocenters. The molecule has 2 unspecified atom stereocenters. The molecule has 0 amide bonds. The van der Waals surface area contributed by atoms with E-state index in [9.17, 15) is 14.7 Å². The van der Waals surface area contributed by atoms with Crippen LogP contribution >= 0.6 is 11.8 Å². The zero-order chi connectivity index (χ0) is 21.7. The van der Waals surface area contributed by atoms with Crippen molar-refractivity contribution in [3.05, 3.63) is 0 Å². The highest BCUT2D eigenvalue weighted by atomic mass is 32.2. The molecule has 0 aliphatic carbocycles. The van der Waals surface area contributed by atoms with Gasteiger partial charge in [-0.25, -0.2) is 0 Å². The SMILES string of the molecule is CCCCCCCCCCCCC#CC(CCCCC(=O)O)SC(CC)C(=O)O. The second kappa shape index (κ2) is 20.1. The zero-order valence-corrected chi connectivity index (χ0v) is 19.4. The number of thioether (sulfide) groups is 1. The van der Waals surface area contributed by atoms with Crippen molar-refractivity contribution in [2.24, 2.45) is 0 Å². The van der Waals surface area contributed by atoms with Gasteiger partial charge in [-0.1, -0.05) is 84.0 Å². The summed E-state index contributed by atoms with van der Waals surface area (Å²) in [5, 5.41) is 17.6. The minimum Gasteiger partial charge on any atom is -0.481 e. The topological polar surface area (TPSA) is 74.6 Å². The molecule has 0 aromatic carbocycles. The highest BCUT2D eigenvalue weighted by molar-refractivity contribution is 8.01. The maximum absolute atomic E-state index is 11.3. The van der Waals surface area contributed by atoms with Crippen LogP contribution in [0.5, 0.6) is 0 Å². The molecule has 0 aliphatic rings. The van der Waals surface area contributed by atoms with Gasteiger partial charge < -0.3 is 10.2 Å². The fraction of sp³-hybridized carbons (Fsp3) is 0.833. The quantitative estimate of drug-likeness (QED) is 0.173. The first kappa shape index (κ1) is 27.8. The molecule has 2 N–H and O–H groups in total. The van der Waals surface area contributed by atoms with Gasteiger partial charge in [0.1, 0.15) is 5.25 Å². The van der Waals surface area contributed by atoms with Crippen LogP contribution in [-0.2, 0) is 9.59 Å². The van der Waals surface area contributed by atoms with E-state index in [2.05, 4.69) is 18.8 Å². The molecule has 0 saturated heterocycles. The van der Waals surface area contributed by atoms with Crippen LogP contribution in [0, 0.1) is 11.8 Å². The summed E-state index contributed by atoms with van der Waals surface area (Å²) in [5.74, 6) is 4.94. The molecule has 168 valence electrons. The first-order chi connectivity index (χ1) is 14.0. The number of hydrogen-bond donors (Lipinski definition) is 2. The molecule has 0 aromatic rings. The molecule has 0 spiro atoms. The molecule has 0 radical (unpaired) electrons. The number of carbonyl (C=O) groups is 2. The van der Waals surface area contributed by atoms with Crippen LogP contribution in [0.25, 0.3) is 0 Å². The molecule has 29 heavy (non-hydrogen) atoms. The third kappa shape index (κ3) is 18.6. The second-order valence-electron chi connectivity index (χ2n) is 7.75. The summed E-state index contributed by atoms with van der Waals surface area (Å²) in [6.45, 7) is 4.13. The summed E-state index contributed by atoms with van der Waals surface area (Å²) in [4.78, 5) is 22.0. The van der Waals surface area contributed by atoms with E-state index >= 15 is 0 Å². The summed E-state index contributed by atoms with van der Waals surface area (Å²) >= 11 is 1.42. The van der Waals surface area contributed by atoms with Crippen molar-refractivity contribution in [2.75, 3.05) is 0 Å². The van der Waals surface area contributed by atoms with E-state index < -0.39 is 17.2 Å². The van der Waals surface area contributed by atoms with Crippen molar-refractivity contribution >= 4 is 23.7 Å². The molecule has 0 heterocycles. The number of aliphatic carboxylic acids is 2. The largest absolute Gasteiger partial charge is 0.481 e. The van der Waals surface area contributed by atoms with Crippen molar-refractivity contribution < 1.29 is 19.8 Å². The standard InChI is InChI=1S/C24H42O4S/c1-3-5-6-7-8-9-10-11-12-13-14-15-18-21(19-16-17-20-23(25)26)29-22(4-2)24(27)28/h21-22H,3-14,16-17,19-20H2,1-2H3,(H,25,26)(H,27,28). The highest BCUT2D eigenvalue weighted by Crippen LogP contribution is 2.25. The normalized spacial score (nSPS) is 12.8. The number of unbranched alkanes of at least 4 members (excludes halogenated alkanes) is 11. The Hall–Kier alpha value is -1.15.